The molecule has 0 unspecified atom stereocenters. The highest BCUT2D eigenvalue weighted by atomic mass is 32.1. The van der Waals surface area contributed by atoms with Gasteiger partial charge in [-0.1, -0.05) is 6.42 Å². The molecule has 0 radical (unpaired) electrons. The van der Waals surface area contributed by atoms with Crippen LogP contribution in [-0.2, 0) is 12.8 Å². The SMILES string of the molecule is Oc1ccc2nc(-c3cc4c(s3)CCCCC4)[nH]c2c1. The zero-order valence-electron chi connectivity index (χ0n) is 11.1. The molecule has 0 fully saturated rings. The van der Waals surface area contributed by atoms with Gasteiger partial charge in [-0.05, 0) is 49.4 Å². The summed E-state index contributed by atoms with van der Waals surface area (Å²) in [6.45, 7) is 0. The molecule has 0 saturated carbocycles. The van der Waals surface area contributed by atoms with E-state index in [1.54, 1.807) is 12.1 Å². The zero-order valence-corrected chi connectivity index (χ0v) is 12.0. The first kappa shape index (κ1) is 12.0. The highest BCUT2D eigenvalue weighted by Gasteiger charge is 2.15. The van der Waals surface area contributed by atoms with Crippen LogP contribution < -0.4 is 0 Å². The van der Waals surface area contributed by atoms with Crippen LogP contribution in [0.1, 0.15) is 29.7 Å². The summed E-state index contributed by atoms with van der Waals surface area (Å²) in [6, 6.07) is 7.55. The van der Waals surface area contributed by atoms with E-state index in [4.69, 9.17) is 0 Å². The molecule has 1 aromatic carbocycles. The number of aromatic amines is 1. The lowest BCUT2D eigenvalue weighted by Crippen LogP contribution is -1.81. The lowest BCUT2D eigenvalue weighted by molar-refractivity contribution is 0.476. The Morgan fingerprint density at radius 3 is 2.95 bits per heavy atom. The molecule has 0 spiro atoms. The van der Waals surface area contributed by atoms with Gasteiger partial charge in [-0.3, -0.25) is 0 Å². The molecule has 3 nitrogen and oxygen atoms in total. The van der Waals surface area contributed by atoms with Crippen molar-refractivity contribution in [2.75, 3.05) is 0 Å². The average Bonchev–Trinajstić information content (AvgIpc) is 2.97. The molecule has 2 heterocycles. The highest BCUT2D eigenvalue weighted by molar-refractivity contribution is 7.15. The van der Waals surface area contributed by atoms with Gasteiger partial charge in [0.1, 0.15) is 11.6 Å². The van der Waals surface area contributed by atoms with Gasteiger partial charge in [-0.15, -0.1) is 11.3 Å². The minimum absolute atomic E-state index is 0.273. The van der Waals surface area contributed by atoms with Crippen LogP contribution in [0.15, 0.2) is 24.3 Å². The van der Waals surface area contributed by atoms with Crippen LogP contribution >= 0.6 is 11.3 Å². The van der Waals surface area contributed by atoms with Crippen LogP contribution in [0.2, 0.25) is 0 Å². The second-order valence-electron chi connectivity index (χ2n) is 5.41. The van der Waals surface area contributed by atoms with Gasteiger partial charge in [0.05, 0.1) is 15.9 Å². The number of aromatic nitrogens is 2. The fourth-order valence-corrected chi connectivity index (χ4v) is 4.10. The van der Waals surface area contributed by atoms with Crippen molar-refractivity contribution in [1.29, 1.82) is 0 Å². The number of H-pyrrole nitrogens is 1. The third-order valence-electron chi connectivity index (χ3n) is 3.95. The molecular formula is C16H16N2OS. The number of phenols is 1. The van der Waals surface area contributed by atoms with Gasteiger partial charge < -0.3 is 10.1 Å². The summed E-state index contributed by atoms with van der Waals surface area (Å²) >= 11 is 1.86. The molecule has 20 heavy (non-hydrogen) atoms. The Labute approximate surface area is 121 Å². The van der Waals surface area contributed by atoms with Crippen molar-refractivity contribution in [3.63, 3.8) is 0 Å². The molecular weight excluding hydrogens is 268 g/mol. The number of phenolic OH excluding ortho intramolecular Hbond substituents is 1. The van der Waals surface area contributed by atoms with Crippen LogP contribution in [-0.4, -0.2) is 15.1 Å². The third kappa shape index (κ3) is 2.00. The second-order valence-corrected chi connectivity index (χ2v) is 6.54. The summed E-state index contributed by atoms with van der Waals surface area (Å²) in [6.07, 6.45) is 6.37. The van der Waals surface area contributed by atoms with Gasteiger partial charge in [0, 0.05) is 10.9 Å². The summed E-state index contributed by atoms with van der Waals surface area (Å²) in [5, 5.41) is 9.53. The third-order valence-corrected chi connectivity index (χ3v) is 5.19. The molecule has 4 rings (SSSR count). The summed E-state index contributed by atoms with van der Waals surface area (Å²) in [4.78, 5) is 10.7. The summed E-state index contributed by atoms with van der Waals surface area (Å²) in [5.41, 5.74) is 3.30. The van der Waals surface area contributed by atoms with E-state index in [0.717, 1.165) is 16.9 Å². The Morgan fingerprint density at radius 2 is 2.00 bits per heavy atom. The number of nitrogens with zero attached hydrogens (tertiary/aromatic N) is 1. The molecule has 0 bridgehead atoms. The summed E-state index contributed by atoms with van der Waals surface area (Å²) in [7, 11) is 0. The summed E-state index contributed by atoms with van der Waals surface area (Å²) in [5.74, 6) is 1.19. The molecule has 0 amide bonds. The maximum Gasteiger partial charge on any atom is 0.148 e. The van der Waals surface area contributed by atoms with E-state index < -0.39 is 0 Å². The van der Waals surface area contributed by atoms with Gasteiger partial charge in [-0.2, -0.15) is 0 Å². The Kier molecular flexibility index (Phi) is 2.77. The van der Waals surface area contributed by atoms with Crippen molar-refractivity contribution in [1.82, 2.24) is 9.97 Å². The van der Waals surface area contributed by atoms with Gasteiger partial charge >= 0.3 is 0 Å². The Morgan fingerprint density at radius 1 is 1.10 bits per heavy atom. The minimum Gasteiger partial charge on any atom is -0.508 e. The van der Waals surface area contributed by atoms with Gasteiger partial charge in [-0.25, -0.2) is 4.98 Å². The molecule has 0 atom stereocenters. The molecule has 2 aromatic heterocycles. The standard InChI is InChI=1S/C16H16N2OS/c19-11-6-7-12-13(9-11)18-16(17-12)15-8-10-4-2-1-3-5-14(10)20-15/h6-9,19H,1-5H2,(H,17,18). The van der Waals surface area contributed by atoms with Crippen LogP contribution in [0.5, 0.6) is 5.75 Å². The summed E-state index contributed by atoms with van der Waals surface area (Å²) < 4.78 is 0. The van der Waals surface area contributed by atoms with E-state index in [1.165, 1.54) is 47.4 Å². The molecule has 102 valence electrons. The minimum atomic E-state index is 0.273. The maximum atomic E-state index is 9.53. The molecule has 1 aliphatic rings. The van der Waals surface area contributed by atoms with E-state index in [1.807, 2.05) is 17.4 Å². The number of fused-ring (bicyclic) bond motifs is 2. The Hall–Kier alpha value is -1.81. The molecule has 0 aliphatic heterocycles. The molecule has 3 aromatic rings. The van der Waals surface area contributed by atoms with Crippen molar-refractivity contribution >= 4 is 22.4 Å². The van der Waals surface area contributed by atoms with Crippen molar-refractivity contribution in [3.8, 4) is 16.5 Å². The average molecular weight is 284 g/mol. The molecule has 4 heteroatoms. The van der Waals surface area contributed by atoms with E-state index >= 15 is 0 Å². The van der Waals surface area contributed by atoms with Crippen LogP contribution in [0.3, 0.4) is 0 Å². The zero-order chi connectivity index (χ0) is 13.5. The van der Waals surface area contributed by atoms with Crippen molar-refractivity contribution < 1.29 is 5.11 Å². The van der Waals surface area contributed by atoms with Crippen molar-refractivity contribution in [2.45, 2.75) is 32.1 Å². The number of hydrogen-bond donors (Lipinski definition) is 2. The first-order chi connectivity index (χ1) is 9.79. The normalized spacial score (nSPS) is 15.2. The van der Waals surface area contributed by atoms with Crippen molar-refractivity contribution in [2.24, 2.45) is 0 Å². The van der Waals surface area contributed by atoms with Gasteiger partial charge in [0.15, 0.2) is 0 Å². The lowest BCUT2D eigenvalue weighted by atomic mass is 10.1. The topological polar surface area (TPSA) is 48.9 Å². The van der Waals surface area contributed by atoms with Gasteiger partial charge in [0.2, 0.25) is 0 Å². The smallest absolute Gasteiger partial charge is 0.148 e. The predicted molar refractivity (Wildman–Crippen MR) is 82.3 cm³/mol. The first-order valence-corrected chi connectivity index (χ1v) is 7.92. The van der Waals surface area contributed by atoms with Crippen LogP contribution in [0.25, 0.3) is 21.7 Å². The number of aryl methyl sites for hydroxylation is 2. The predicted octanol–water partition coefficient (Wildman–Crippen LogP) is 4.27. The number of imidazole rings is 1. The molecule has 2 N–H and O–H groups in total. The monoisotopic (exact) mass is 284 g/mol. The fraction of sp³-hybridized carbons (Fsp3) is 0.312. The van der Waals surface area contributed by atoms with Crippen molar-refractivity contribution in [3.05, 3.63) is 34.7 Å². The number of nitrogens with one attached hydrogen (secondary N) is 1. The molecule has 0 saturated heterocycles. The number of thiophene rings is 1. The number of hydrogen-bond acceptors (Lipinski definition) is 3. The van der Waals surface area contributed by atoms with E-state index in [-0.39, 0.29) is 5.75 Å². The number of rotatable bonds is 1. The Bertz CT molecular complexity index is 748. The fourth-order valence-electron chi connectivity index (χ4n) is 2.90. The number of benzene rings is 1. The van der Waals surface area contributed by atoms with Crippen LogP contribution in [0.4, 0.5) is 0 Å². The van der Waals surface area contributed by atoms with E-state index in [9.17, 15) is 5.11 Å². The molecule has 1 aliphatic carbocycles. The van der Waals surface area contributed by atoms with Gasteiger partial charge in [0.25, 0.3) is 0 Å². The van der Waals surface area contributed by atoms with E-state index in [0.29, 0.717) is 0 Å². The highest BCUT2D eigenvalue weighted by Crippen LogP contribution is 2.34. The maximum absolute atomic E-state index is 9.53. The lowest BCUT2D eigenvalue weighted by Gasteiger charge is -1.92. The Balaban J connectivity index is 1.78. The number of aromatic hydroxyl groups is 1. The second kappa shape index (κ2) is 4.63. The largest absolute Gasteiger partial charge is 0.508 e. The first-order valence-electron chi connectivity index (χ1n) is 7.10. The van der Waals surface area contributed by atoms with Crippen LogP contribution in [0, 0.1) is 0 Å². The quantitative estimate of drug-likeness (QED) is 0.656. The van der Waals surface area contributed by atoms with E-state index in [2.05, 4.69) is 16.0 Å².